The fourth-order valence-corrected chi connectivity index (χ4v) is 1.51. The predicted octanol–water partition coefficient (Wildman–Crippen LogP) is 1.64. The molecule has 17 heavy (non-hydrogen) atoms. The Hall–Kier alpha value is -1.79. The van der Waals surface area contributed by atoms with Gasteiger partial charge < -0.3 is 5.11 Å². The van der Waals surface area contributed by atoms with Gasteiger partial charge in [-0.3, -0.25) is 4.90 Å². The normalized spacial score (nSPS) is 11.7. The molecule has 0 fully saturated rings. The molecule has 0 aliphatic rings. The van der Waals surface area contributed by atoms with Crippen LogP contribution in [0.3, 0.4) is 0 Å². The van der Waals surface area contributed by atoms with Crippen molar-refractivity contribution in [2.45, 2.75) is 19.4 Å². The average molecular weight is 231 g/mol. The van der Waals surface area contributed by atoms with Gasteiger partial charge in [-0.2, -0.15) is 0 Å². The second-order valence-corrected chi connectivity index (χ2v) is 4.06. The molecule has 1 aromatic rings. The molecule has 0 aliphatic heterocycles. The molecule has 0 saturated heterocycles. The van der Waals surface area contributed by atoms with Crippen molar-refractivity contribution in [2.75, 3.05) is 13.6 Å². The van der Waals surface area contributed by atoms with Gasteiger partial charge in [0.15, 0.2) is 0 Å². The largest absolute Gasteiger partial charge is 0.472 e. The Labute approximate surface area is 102 Å². The van der Waals surface area contributed by atoms with Crippen molar-refractivity contribution in [2.24, 2.45) is 0 Å². The van der Waals surface area contributed by atoms with Crippen molar-refractivity contribution in [3.8, 4) is 11.8 Å². The number of aliphatic carboxylic acids is 1. The third-order valence-electron chi connectivity index (χ3n) is 2.65. The third kappa shape index (κ3) is 5.19. The molecule has 0 heterocycles. The number of hydrogen-bond donors (Lipinski definition) is 1. The molecule has 1 rings (SSSR count). The van der Waals surface area contributed by atoms with Crippen LogP contribution in [0.15, 0.2) is 30.3 Å². The molecule has 1 aromatic carbocycles. The molecule has 0 amide bonds. The number of carboxylic acids is 1. The van der Waals surface area contributed by atoms with Crippen molar-refractivity contribution < 1.29 is 9.90 Å². The summed E-state index contributed by atoms with van der Waals surface area (Å²) in [6.45, 7) is 2.58. The van der Waals surface area contributed by atoms with Gasteiger partial charge in [-0.25, -0.2) is 4.79 Å². The van der Waals surface area contributed by atoms with Gasteiger partial charge >= 0.3 is 5.97 Å². The highest BCUT2D eigenvalue weighted by atomic mass is 16.4. The van der Waals surface area contributed by atoms with E-state index < -0.39 is 5.97 Å². The number of nitrogens with zero attached hydrogens (tertiary/aromatic N) is 1. The molecular weight excluding hydrogens is 214 g/mol. The molecule has 90 valence electrons. The monoisotopic (exact) mass is 231 g/mol. The number of hydrogen-bond acceptors (Lipinski definition) is 2. The van der Waals surface area contributed by atoms with Gasteiger partial charge in [0.2, 0.25) is 0 Å². The fourth-order valence-electron chi connectivity index (χ4n) is 1.51. The summed E-state index contributed by atoms with van der Waals surface area (Å²) in [7, 11) is 1.95. The topological polar surface area (TPSA) is 40.5 Å². The average Bonchev–Trinajstić information content (AvgIpc) is 2.29. The molecule has 0 unspecified atom stereocenters. The first kappa shape index (κ1) is 13.3. The van der Waals surface area contributed by atoms with Gasteiger partial charge in [-0.15, -0.1) is 0 Å². The molecule has 1 N–H and O–H groups in total. The van der Waals surface area contributed by atoms with Gasteiger partial charge in [0.05, 0.1) is 6.54 Å². The Morgan fingerprint density at radius 2 is 2.06 bits per heavy atom. The lowest BCUT2D eigenvalue weighted by molar-refractivity contribution is -0.130. The zero-order chi connectivity index (χ0) is 12.7. The van der Waals surface area contributed by atoms with Gasteiger partial charge in [0.1, 0.15) is 0 Å². The summed E-state index contributed by atoms with van der Waals surface area (Å²) < 4.78 is 0. The molecule has 0 aliphatic carbocycles. The van der Waals surface area contributed by atoms with E-state index in [4.69, 9.17) is 5.11 Å². The number of rotatable bonds is 4. The summed E-state index contributed by atoms with van der Waals surface area (Å²) in [5.41, 5.74) is 1.28. The summed E-state index contributed by atoms with van der Waals surface area (Å²) in [6.07, 6.45) is 0.937. The second kappa shape index (κ2) is 6.72. The lowest BCUT2D eigenvalue weighted by atomic mass is 10.1. The number of benzene rings is 1. The first-order valence-corrected chi connectivity index (χ1v) is 5.55. The standard InChI is InChI=1S/C14H17NO2/c1-12(11-13-7-4-3-5-8-13)15(2)10-6-9-14(16)17/h3-5,7-8,12H,10-11H2,1-2H3,(H,16,17)/t12-/m1/s1. The fraction of sp³-hybridized carbons (Fsp3) is 0.357. The van der Waals surface area contributed by atoms with Crippen LogP contribution < -0.4 is 0 Å². The molecule has 1 atom stereocenters. The summed E-state index contributed by atoms with van der Waals surface area (Å²) >= 11 is 0. The lowest BCUT2D eigenvalue weighted by Crippen LogP contribution is -2.31. The van der Waals surface area contributed by atoms with Crippen molar-refractivity contribution in [1.82, 2.24) is 4.90 Å². The molecule has 3 nitrogen and oxygen atoms in total. The molecule has 0 spiro atoms. The van der Waals surface area contributed by atoms with Crippen LogP contribution in [0.25, 0.3) is 0 Å². The van der Waals surface area contributed by atoms with Crippen LogP contribution in [0.2, 0.25) is 0 Å². The van der Waals surface area contributed by atoms with E-state index in [0.717, 1.165) is 6.42 Å². The molecular formula is C14H17NO2. The Bertz CT molecular complexity index is 417. The van der Waals surface area contributed by atoms with Gasteiger partial charge in [0, 0.05) is 12.0 Å². The van der Waals surface area contributed by atoms with Crippen LogP contribution in [0.4, 0.5) is 0 Å². The van der Waals surface area contributed by atoms with E-state index in [1.54, 1.807) is 0 Å². The van der Waals surface area contributed by atoms with Crippen LogP contribution in [-0.4, -0.2) is 35.6 Å². The molecule has 0 aromatic heterocycles. The van der Waals surface area contributed by atoms with E-state index in [9.17, 15) is 4.79 Å². The van der Waals surface area contributed by atoms with E-state index >= 15 is 0 Å². The van der Waals surface area contributed by atoms with Crippen molar-refractivity contribution in [1.29, 1.82) is 0 Å². The van der Waals surface area contributed by atoms with E-state index in [2.05, 4.69) is 30.9 Å². The van der Waals surface area contributed by atoms with Crippen LogP contribution in [0.1, 0.15) is 12.5 Å². The van der Waals surface area contributed by atoms with Gasteiger partial charge in [-0.05, 0) is 26.0 Å². The third-order valence-corrected chi connectivity index (χ3v) is 2.65. The zero-order valence-corrected chi connectivity index (χ0v) is 10.2. The SMILES string of the molecule is C[C@H](Cc1ccccc1)N(C)CC#CC(=O)O. The van der Waals surface area contributed by atoms with Gasteiger partial charge in [0.25, 0.3) is 0 Å². The van der Waals surface area contributed by atoms with Crippen molar-refractivity contribution in [3.63, 3.8) is 0 Å². The number of likely N-dealkylation sites (N-methyl/N-ethyl adjacent to an activating group) is 1. The highest BCUT2D eigenvalue weighted by Gasteiger charge is 2.08. The molecule has 3 heteroatoms. The first-order chi connectivity index (χ1) is 8.09. The lowest BCUT2D eigenvalue weighted by Gasteiger charge is -2.22. The Kier molecular flexibility index (Phi) is 5.25. The van der Waals surface area contributed by atoms with Crippen LogP contribution >= 0.6 is 0 Å². The summed E-state index contributed by atoms with van der Waals surface area (Å²) in [5.74, 6) is 3.67. The Morgan fingerprint density at radius 1 is 1.41 bits per heavy atom. The van der Waals surface area contributed by atoms with E-state index in [0.29, 0.717) is 12.6 Å². The first-order valence-electron chi connectivity index (χ1n) is 5.55. The smallest absolute Gasteiger partial charge is 0.381 e. The highest BCUT2D eigenvalue weighted by molar-refractivity contribution is 5.86. The second-order valence-electron chi connectivity index (χ2n) is 4.06. The van der Waals surface area contributed by atoms with Gasteiger partial charge in [-0.1, -0.05) is 36.3 Å². The minimum atomic E-state index is -1.07. The zero-order valence-electron chi connectivity index (χ0n) is 10.2. The maximum atomic E-state index is 10.2. The summed E-state index contributed by atoms with van der Waals surface area (Å²) in [5, 5.41) is 8.41. The molecule has 0 bridgehead atoms. The van der Waals surface area contributed by atoms with Crippen LogP contribution in [0, 0.1) is 11.8 Å². The summed E-state index contributed by atoms with van der Waals surface area (Å²) in [6, 6.07) is 10.6. The van der Waals surface area contributed by atoms with Crippen LogP contribution in [0.5, 0.6) is 0 Å². The van der Waals surface area contributed by atoms with Crippen molar-refractivity contribution in [3.05, 3.63) is 35.9 Å². The maximum absolute atomic E-state index is 10.2. The van der Waals surface area contributed by atoms with E-state index in [1.165, 1.54) is 5.56 Å². The Balaban J connectivity index is 2.45. The molecule has 0 saturated carbocycles. The molecule has 0 radical (unpaired) electrons. The van der Waals surface area contributed by atoms with E-state index in [-0.39, 0.29) is 0 Å². The van der Waals surface area contributed by atoms with E-state index in [1.807, 2.05) is 30.1 Å². The quantitative estimate of drug-likeness (QED) is 0.801. The van der Waals surface area contributed by atoms with Crippen molar-refractivity contribution >= 4 is 5.97 Å². The van der Waals surface area contributed by atoms with Crippen LogP contribution in [-0.2, 0) is 11.2 Å². The summed E-state index contributed by atoms with van der Waals surface area (Å²) in [4.78, 5) is 12.3. The number of carboxylic acid groups (broad SMARTS) is 1. The Morgan fingerprint density at radius 3 is 2.65 bits per heavy atom. The predicted molar refractivity (Wildman–Crippen MR) is 67.6 cm³/mol. The number of carbonyl (C=O) groups is 1. The minimum absolute atomic E-state index is 0.334. The highest BCUT2D eigenvalue weighted by Crippen LogP contribution is 2.06. The minimum Gasteiger partial charge on any atom is -0.472 e. The maximum Gasteiger partial charge on any atom is 0.381 e.